The molecule has 3 aromatic rings. The number of nitrogens with zero attached hydrogens (tertiary/aromatic N) is 6. The number of hydrogen-bond donors (Lipinski definition) is 0. The highest BCUT2D eigenvalue weighted by molar-refractivity contribution is 5.99. The van der Waals surface area contributed by atoms with Crippen molar-refractivity contribution >= 4 is 22.5 Å². The number of rotatable bonds is 4. The fraction of sp³-hybridized carbons (Fsp3) is 0.538. The fourth-order valence-electron chi connectivity index (χ4n) is 5.42. The lowest BCUT2D eigenvalue weighted by Gasteiger charge is -2.32. The predicted octanol–water partition coefficient (Wildman–Crippen LogP) is 3.81. The van der Waals surface area contributed by atoms with E-state index in [1.165, 1.54) is 19.3 Å². The van der Waals surface area contributed by atoms with Gasteiger partial charge in [-0.25, -0.2) is 9.97 Å². The van der Waals surface area contributed by atoms with Crippen LogP contribution in [-0.4, -0.2) is 72.8 Å². The van der Waals surface area contributed by atoms with Gasteiger partial charge in [0.15, 0.2) is 17.5 Å². The van der Waals surface area contributed by atoms with E-state index in [0.717, 1.165) is 78.6 Å². The zero-order chi connectivity index (χ0) is 22.7. The summed E-state index contributed by atoms with van der Waals surface area (Å²) in [5.74, 6) is 2.97. The molecule has 0 unspecified atom stereocenters. The fourth-order valence-corrected chi connectivity index (χ4v) is 5.42. The number of aromatic nitrogens is 4. The van der Waals surface area contributed by atoms with Gasteiger partial charge in [0.2, 0.25) is 0 Å². The normalized spacial score (nSPS) is 20.1. The number of benzene rings is 1. The van der Waals surface area contributed by atoms with Crippen molar-refractivity contribution in [2.45, 2.75) is 38.0 Å². The van der Waals surface area contributed by atoms with Crippen molar-refractivity contribution in [1.82, 2.24) is 20.2 Å². The third-order valence-electron chi connectivity index (χ3n) is 7.26. The number of morpholine rings is 2. The summed E-state index contributed by atoms with van der Waals surface area (Å²) >= 11 is 0. The van der Waals surface area contributed by atoms with Crippen molar-refractivity contribution in [3.05, 3.63) is 36.0 Å². The first-order chi connectivity index (χ1) is 16.9. The maximum atomic E-state index is 5.63. The Balaban J connectivity index is 1.60. The van der Waals surface area contributed by atoms with Crippen LogP contribution in [0.25, 0.3) is 22.3 Å². The molecule has 1 aromatic carbocycles. The smallest absolute Gasteiger partial charge is 0.178 e. The Labute approximate surface area is 200 Å². The molecule has 1 saturated carbocycles. The van der Waals surface area contributed by atoms with Gasteiger partial charge in [0, 0.05) is 37.7 Å². The maximum absolute atomic E-state index is 5.63. The van der Waals surface area contributed by atoms with Crippen LogP contribution in [0.1, 0.15) is 43.7 Å². The molecule has 2 aliphatic heterocycles. The van der Waals surface area contributed by atoms with Crippen molar-refractivity contribution in [2.75, 3.05) is 62.4 Å². The molecule has 4 heterocycles. The van der Waals surface area contributed by atoms with Gasteiger partial charge in [-0.1, -0.05) is 49.6 Å². The number of ether oxygens (including phenoxy) is 2. The van der Waals surface area contributed by atoms with Crippen LogP contribution in [-0.2, 0) is 9.47 Å². The van der Waals surface area contributed by atoms with Gasteiger partial charge in [-0.05, 0) is 12.8 Å². The predicted molar refractivity (Wildman–Crippen MR) is 132 cm³/mol. The van der Waals surface area contributed by atoms with Gasteiger partial charge >= 0.3 is 0 Å². The third-order valence-corrected chi connectivity index (χ3v) is 7.26. The molecule has 0 amide bonds. The summed E-state index contributed by atoms with van der Waals surface area (Å²) in [6.45, 7) is 6.01. The second kappa shape index (κ2) is 9.80. The lowest BCUT2D eigenvalue weighted by Crippen LogP contribution is -2.39. The zero-order valence-electron chi connectivity index (χ0n) is 19.7. The Morgan fingerprint density at radius 1 is 0.706 bits per heavy atom. The molecule has 0 radical (unpaired) electrons. The monoisotopic (exact) mass is 460 g/mol. The topological polar surface area (TPSA) is 76.5 Å². The molecule has 2 aromatic heterocycles. The van der Waals surface area contributed by atoms with E-state index in [9.17, 15) is 0 Å². The van der Waals surface area contributed by atoms with Crippen molar-refractivity contribution in [3.63, 3.8) is 0 Å². The quantitative estimate of drug-likeness (QED) is 0.582. The second-order valence-electron chi connectivity index (χ2n) is 9.40. The maximum Gasteiger partial charge on any atom is 0.178 e. The highest BCUT2D eigenvalue weighted by Crippen LogP contribution is 2.41. The van der Waals surface area contributed by atoms with Gasteiger partial charge < -0.3 is 19.3 Å². The summed E-state index contributed by atoms with van der Waals surface area (Å²) in [4.78, 5) is 15.0. The SMILES string of the molecule is c1ccc(-c2nc(C3CCCCC3)c3c(N4CCOCC4)nnc(N4CCOCC4)c3n2)cc1. The van der Waals surface area contributed by atoms with Gasteiger partial charge in [-0.3, -0.25) is 0 Å². The largest absolute Gasteiger partial charge is 0.378 e. The van der Waals surface area contributed by atoms with Crippen LogP contribution in [0.4, 0.5) is 11.6 Å². The second-order valence-corrected chi connectivity index (χ2v) is 9.40. The molecular formula is C26H32N6O2. The first kappa shape index (κ1) is 21.7. The molecule has 0 N–H and O–H groups in total. The van der Waals surface area contributed by atoms with E-state index >= 15 is 0 Å². The van der Waals surface area contributed by atoms with Crippen molar-refractivity contribution in [1.29, 1.82) is 0 Å². The third kappa shape index (κ3) is 4.20. The first-order valence-electron chi connectivity index (χ1n) is 12.7. The summed E-state index contributed by atoms with van der Waals surface area (Å²) in [5, 5.41) is 10.7. The molecule has 3 fully saturated rings. The van der Waals surface area contributed by atoms with Crippen molar-refractivity contribution in [2.24, 2.45) is 0 Å². The van der Waals surface area contributed by atoms with E-state index in [2.05, 4.69) is 34.1 Å². The van der Waals surface area contributed by atoms with E-state index in [1.54, 1.807) is 0 Å². The minimum absolute atomic E-state index is 0.420. The minimum atomic E-state index is 0.420. The number of hydrogen-bond acceptors (Lipinski definition) is 8. The standard InChI is InChI=1S/C26H32N6O2/c1-3-7-19(8-4-1)22-21-23(28-24(27-22)20-9-5-2-6-10-20)26(32-13-17-34-18-14-32)30-29-25(21)31-11-15-33-16-12-31/h2,5-6,9-10,19H,1,3-4,7-8,11-18H2. The average Bonchev–Trinajstić information content (AvgIpc) is 2.94. The Hall–Kier alpha value is -2.84. The molecular weight excluding hydrogens is 428 g/mol. The molecule has 8 nitrogen and oxygen atoms in total. The number of anilines is 2. The highest BCUT2D eigenvalue weighted by Gasteiger charge is 2.29. The molecule has 6 rings (SSSR count). The lowest BCUT2D eigenvalue weighted by atomic mass is 9.85. The summed E-state index contributed by atoms with van der Waals surface area (Å²) in [6, 6.07) is 10.3. The van der Waals surface area contributed by atoms with Crippen molar-refractivity contribution < 1.29 is 9.47 Å². The molecule has 2 saturated heterocycles. The van der Waals surface area contributed by atoms with Crippen LogP contribution < -0.4 is 9.80 Å². The van der Waals surface area contributed by atoms with Crippen LogP contribution in [0.15, 0.2) is 30.3 Å². The molecule has 1 aliphatic carbocycles. The number of fused-ring (bicyclic) bond motifs is 1. The molecule has 34 heavy (non-hydrogen) atoms. The average molecular weight is 461 g/mol. The summed E-state index contributed by atoms with van der Waals surface area (Å²) in [7, 11) is 0. The minimum Gasteiger partial charge on any atom is -0.378 e. The van der Waals surface area contributed by atoms with Crippen molar-refractivity contribution in [3.8, 4) is 11.4 Å². The molecule has 0 bridgehead atoms. The lowest BCUT2D eigenvalue weighted by molar-refractivity contribution is 0.122. The molecule has 8 heteroatoms. The van der Waals surface area contributed by atoms with Crippen LogP contribution in [0, 0.1) is 0 Å². The highest BCUT2D eigenvalue weighted by atomic mass is 16.5. The summed E-state index contributed by atoms with van der Waals surface area (Å²) < 4.78 is 11.3. The van der Waals surface area contributed by atoms with Crippen LogP contribution in [0.5, 0.6) is 0 Å². The molecule has 0 atom stereocenters. The Kier molecular flexibility index (Phi) is 6.25. The van der Waals surface area contributed by atoms with E-state index < -0.39 is 0 Å². The van der Waals surface area contributed by atoms with Crippen LogP contribution in [0.2, 0.25) is 0 Å². The molecule has 178 valence electrons. The molecule has 3 aliphatic rings. The Morgan fingerprint density at radius 2 is 1.32 bits per heavy atom. The first-order valence-corrected chi connectivity index (χ1v) is 12.7. The van der Waals surface area contributed by atoms with Gasteiger partial charge in [-0.2, -0.15) is 0 Å². The summed E-state index contributed by atoms with van der Waals surface area (Å²) in [6.07, 6.45) is 6.13. The Bertz CT molecular complexity index is 1120. The zero-order valence-corrected chi connectivity index (χ0v) is 19.7. The van der Waals surface area contributed by atoms with Gasteiger partial charge in [-0.15, -0.1) is 10.2 Å². The van der Waals surface area contributed by atoms with Gasteiger partial charge in [0.1, 0.15) is 5.52 Å². The molecule has 0 spiro atoms. The van der Waals surface area contributed by atoms with Crippen LogP contribution >= 0.6 is 0 Å². The van der Waals surface area contributed by atoms with E-state index in [4.69, 9.17) is 29.6 Å². The van der Waals surface area contributed by atoms with E-state index in [-0.39, 0.29) is 0 Å². The van der Waals surface area contributed by atoms with Crippen LogP contribution in [0.3, 0.4) is 0 Å². The van der Waals surface area contributed by atoms with Gasteiger partial charge in [0.05, 0.1) is 37.5 Å². The Morgan fingerprint density at radius 3 is 2.00 bits per heavy atom. The van der Waals surface area contributed by atoms with Gasteiger partial charge in [0.25, 0.3) is 0 Å². The van der Waals surface area contributed by atoms with E-state index in [1.807, 2.05) is 6.07 Å². The summed E-state index contributed by atoms with van der Waals surface area (Å²) in [5.41, 5.74) is 3.11. The van der Waals surface area contributed by atoms with E-state index in [0.29, 0.717) is 32.3 Å².